The van der Waals surface area contributed by atoms with Crippen molar-refractivity contribution in [1.29, 1.82) is 0 Å². The molecule has 132 valence electrons. The molecule has 0 heterocycles. The van der Waals surface area contributed by atoms with Crippen LogP contribution in [0.2, 0.25) is 0 Å². The summed E-state index contributed by atoms with van der Waals surface area (Å²) in [7, 11) is 0. The molecule has 0 spiro atoms. The molecular weight excluding hydrogens is 542 g/mol. The Morgan fingerprint density at radius 1 is 0.920 bits per heavy atom. The van der Waals surface area contributed by atoms with E-state index in [0.717, 1.165) is 18.3 Å². The van der Waals surface area contributed by atoms with Gasteiger partial charge in [-0.2, -0.15) is 0 Å². The predicted molar refractivity (Wildman–Crippen MR) is 117 cm³/mol. The molecule has 2 N–H and O–H groups in total. The molecule has 0 unspecified atom stereocenters. The number of hydrogen-bond acceptors (Lipinski definition) is 2. The second kappa shape index (κ2) is 8.98. The summed E-state index contributed by atoms with van der Waals surface area (Å²) in [6, 6.07) is 11.0. The molecule has 0 aliphatic heterocycles. The highest BCUT2D eigenvalue weighted by Gasteiger charge is 2.13. The van der Waals surface area contributed by atoms with E-state index < -0.39 is 0 Å². The SMILES string of the molecule is Cc1ccc(C(=O)NC[C@H](C)NC(=O)c2ccc(C)c(I)c2)cc1I. The van der Waals surface area contributed by atoms with Gasteiger partial charge in [0.2, 0.25) is 0 Å². The van der Waals surface area contributed by atoms with Crippen LogP contribution < -0.4 is 10.6 Å². The lowest BCUT2D eigenvalue weighted by Gasteiger charge is -2.15. The molecule has 0 fully saturated rings. The molecule has 0 radical (unpaired) electrons. The molecule has 0 saturated heterocycles. The van der Waals surface area contributed by atoms with Gasteiger partial charge in [-0.05, 0) is 101 Å². The average Bonchev–Trinajstić information content (AvgIpc) is 2.57. The minimum absolute atomic E-state index is 0.135. The number of hydrogen-bond donors (Lipinski definition) is 2. The molecule has 0 aromatic heterocycles. The Morgan fingerprint density at radius 3 is 1.88 bits per heavy atom. The summed E-state index contributed by atoms with van der Waals surface area (Å²) in [5, 5.41) is 5.78. The van der Waals surface area contributed by atoms with E-state index in [0.29, 0.717) is 17.7 Å². The van der Waals surface area contributed by atoms with E-state index in [4.69, 9.17) is 0 Å². The number of halogens is 2. The molecule has 2 rings (SSSR count). The van der Waals surface area contributed by atoms with Crippen LogP contribution in [0.1, 0.15) is 38.8 Å². The predicted octanol–water partition coefficient (Wildman–Crippen LogP) is 4.06. The van der Waals surface area contributed by atoms with Gasteiger partial charge in [-0.25, -0.2) is 0 Å². The number of nitrogens with one attached hydrogen (secondary N) is 2. The topological polar surface area (TPSA) is 58.2 Å². The van der Waals surface area contributed by atoms with Gasteiger partial charge in [-0.3, -0.25) is 9.59 Å². The normalized spacial score (nSPS) is 11.7. The van der Waals surface area contributed by atoms with Crippen LogP contribution >= 0.6 is 45.2 Å². The smallest absolute Gasteiger partial charge is 0.251 e. The first-order chi connectivity index (χ1) is 11.8. The number of benzene rings is 2. The van der Waals surface area contributed by atoms with Gasteiger partial charge in [0.05, 0.1) is 0 Å². The van der Waals surface area contributed by atoms with Crippen LogP contribution in [0.4, 0.5) is 0 Å². The van der Waals surface area contributed by atoms with Gasteiger partial charge in [0.25, 0.3) is 11.8 Å². The maximum Gasteiger partial charge on any atom is 0.251 e. The molecule has 2 amide bonds. The van der Waals surface area contributed by atoms with Crippen LogP contribution in [0.25, 0.3) is 0 Å². The van der Waals surface area contributed by atoms with E-state index >= 15 is 0 Å². The molecular formula is C19H20I2N2O2. The summed E-state index contributed by atoms with van der Waals surface area (Å²) >= 11 is 4.43. The standard InChI is InChI=1S/C19H20I2N2O2/c1-11-4-6-14(8-16(11)20)18(24)22-10-13(3)23-19(25)15-7-5-12(2)17(21)9-15/h4-9,13H,10H2,1-3H3,(H,22,24)(H,23,25)/t13-/m0/s1. The van der Waals surface area contributed by atoms with Crippen molar-refractivity contribution >= 4 is 57.0 Å². The second-order valence-corrected chi connectivity index (χ2v) is 8.34. The van der Waals surface area contributed by atoms with Crippen molar-refractivity contribution < 1.29 is 9.59 Å². The second-order valence-electron chi connectivity index (χ2n) is 6.01. The summed E-state index contributed by atoms with van der Waals surface area (Å²) < 4.78 is 2.11. The third kappa shape index (κ3) is 5.67. The summed E-state index contributed by atoms with van der Waals surface area (Å²) in [5.74, 6) is -0.270. The van der Waals surface area contributed by atoms with Crippen LogP contribution in [-0.4, -0.2) is 24.4 Å². The molecule has 25 heavy (non-hydrogen) atoms. The summed E-state index contributed by atoms with van der Waals surface area (Å²) in [6.45, 7) is 6.26. The fraction of sp³-hybridized carbons (Fsp3) is 0.263. The molecule has 0 saturated carbocycles. The van der Waals surface area contributed by atoms with Gasteiger partial charge in [0.15, 0.2) is 0 Å². The Bertz CT molecular complexity index is 806. The number of aryl methyl sites for hydroxylation is 2. The van der Waals surface area contributed by atoms with Gasteiger partial charge >= 0.3 is 0 Å². The third-order valence-corrected chi connectivity index (χ3v) is 6.14. The molecule has 0 aliphatic rings. The Kier molecular flexibility index (Phi) is 7.24. The zero-order chi connectivity index (χ0) is 18.6. The lowest BCUT2D eigenvalue weighted by molar-refractivity contribution is 0.0912. The number of carbonyl (C=O) groups is 2. The molecule has 0 aliphatic carbocycles. The van der Waals surface area contributed by atoms with Crippen molar-refractivity contribution in [3.05, 3.63) is 65.8 Å². The first-order valence-electron chi connectivity index (χ1n) is 7.89. The van der Waals surface area contributed by atoms with E-state index in [2.05, 4.69) is 55.8 Å². The van der Waals surface area contributed by atoms with Crippen LogP contribution in [-0.2, 0) is 0 Å². The Labute approximate surface area is 175 Å². The fourth-order valence-electron chi connectivity index (χ4n) is 2.17. The lowest BCUT2D eigenvalue weighted by Crippen LogP contribution is -2.41. The van der Waals surface area contributed by atoms with E-state index in [1.165, 1.54) is 0 Å². The molecule has 4 nitrogen and oxygen atoms in total. The van der Waals surface area contributed by atoms with E-state index in [1.54, 1.807) is 0 Å². The van der Waals surface area contributed by atoms with Gasteiger partial charge in [0, 0.05) is 30.9 Å². The van der Waals surface area contributed by atoms with Crippen molar-refractivity contribution in [2.75, 3.05) is 6.54 Å². The summed E-state index contributed by atoms with van der Waals surface area (Å²) in [5.41, 5.74) is 3.54. The molecule has 0 bridgehead atoms. The zero-order valence-electron chi connectivity index (χ0n) is 14.3. The highest BCUT2D eigenvalue weighted by atomic mass is 127. The van der Waals surface area contributed by atoms with Crippen molar-refractivity contribution in [3.8, 4) is 0 Å². The van der Waals surface area contributed by atoms with Gasteiger partial charge < -0.3 is 10.6 Å². The highest BCUT2D eigenvalue weighted by molar-refractivity contribution is 14.1. The monoisotopic (exact) mass is 562 g/mol. The highest BCUT2D eigenvalue weighted by Crippen LogP contribution is 2.14. The van der Waals surface area contributed by atoms with Crippen molar-refractivity contribution in [2.45, 2.75) is 26.8 Å². The van der Waals surface area contributed by atoms with Crippen LogP contribution in [0.5, 0.6) is 0 Å². The van der Waals surface area contributed by atoms with Crippen molar-refractivity contribution in [3.63, 3.8) is 0 Å². The Balaban J connectivity index is 1.90. The van der Waals surface area contributed by atoms with Gasteiger partial charge in [-0.15, -0.1) is 0 Å². The van der Waals surface area contributed by atoms with Gasteiger partial charge in [-0.1, -0.05) is 12.1 Å². The lowest BCUT2D eigenvalue weighted by atomic mass is 10.1. The van der Waals surface area contributed by atoms with Gasteiger partial charge in [0.1, 0.15) is 0 Å². The molecule has 1 atom stereocenters. The number of amides is 2. The largest absolute Gasteiger partial charge is 0.350 e. The van der Waals surface area contributed by atoms with E-state index in [9.17, 15) is 9.59 Å². The van der Waals surface area contributed by atoms with Crippen molar-refractivity contribution in [2.24, 2.45) is 0 Å². The maximum atomic E-state index is 12.3. The zero-order valence-corrected chi connectivity index (χ0v) is 18.6. The molecule has 6 heteroatoms. The quantitative estimate of drug-likeness (QED) is 0.541. The summed E-state index contributed by atoms with van der Waals surface area (Å²) in [6.07, 6.45) is 0. The van der Waals surface area contributed by atoms with Crippen LogP contribution in [0.15, 0.2) is 36.4 Å². The minimum atomic E-state index is -0.167. The van der Waals surface area contributed by atoms with E-state index in [1.807, 2.05) is 57.2 Å². The Hall–Kier alpha value is -1.16. The molecule has 2 aromatic carbocycles. The maximum absolute atomic E-state index is 12.3. The summed E-state index contributed by atoms with van der Waals surface area (Å²) in [4.78, 5) is 24.5. The number of carbonyl (C=O) groups excluding carboxylic acids is 2. The van der Waals surface area contributed by atoms with Crippen molar-refractivity contribution in [1.82, 2.24) is 10.6 Å². The van der Waals surface area contributed by atoms with E-state index in [-0.39, 0.29) is 17.9 Å². The average molecular weight is 562 g/mol. The number of rotatable bonds is 5. The Morgan fingerprint density at radius 2 is 1.40 bits per heavy atom. The fourth-order valence-corrected chi connectivity index (χ4v) is 3.20. The third-order valence-electron chi connectivity index (χ3n) is 3.81. The first-order valence-corrected chi connectivity index (χ1v) is 10.0. The van der Waals surface area contributed by atoms with Crippen LogP contribution in [0.3, 0.4) is 0 Å². The minimum Gasteiger partial charge on any atom is -0.350 e. The molecule has 2 aromatic rings. The van der Waals surface area contributed by atoms with Crippen LogP contribution in [0, 0.1) is 21.0 Å². The first kappa shape index (κ1) is 20.2.